The van der Waals surface area contributed by atoms with E-state index in [4.69, 9.17) is 4.42 Å². The second-order valence-electron chi connectivity index (χ2n) is 5.80. The molecule has 2 nitrogen and oxygen atoms in total. The molecule has 1 N–H and O–H groups in total. The van der Waals surface area contributed by atoms with Crippen molar-refractivity contribution < 1.29 is 4.42 Å². The molecule has 0 aromatic carbocycles. The van der Waals surface area contributed by atoms with Crippen LogP contribution >= 0.6 is 0 Å². The van der Waals surface area contributed by atoms with Crippen LogP contribution in [0.5, 0.6) is 0 Å². The minimum absolute atomic E-state index is 0.363. The quantitative estimate of drug-likeness (QED) is 0.844. The molecule has 90 valence electrons. The van der Waals surface area contributed by atoms with Gasteiger partial charge < -0.3 is 9.73 Å². The Morgan fingerprint density at radius 3 is 3.00 bits per heavy atom. The van der Waals surface area contributed by atoms with Crippen LogP contribution in [-0.2, 0) is 6.42 Å². The molecule has 0 aliphatic carbocycles. The fourth-order valence-electron chi connectivity index (χ4n) is 2.81. The van der Waals surface area contributed by atoms with Gasteiger partial charge in [-0.2, -0.15) is 0 Å². The summed E-state index contributed by atoms with van der Waals surface area (Å²) in [6, 6.07) is 4.71. The van der Waals surface area contributed by atoms with E-state index in [1.165, 1.54) is 12.8 Å². The van der Waals surface area contributed by atoms with Gasteiger partial charge in [-0.05, 0) is 42.9 Å². The zero-order valence-corrected chi connectivity index (χ0v) is 10.6. The highest BCUT2D eigenvalue weighted by Gasteiger charge is 2.39. The van der Waals surface area contributed by atoms with Crippen molar-refractivity contribution in [2.24, 2.45) is 11.3 Å². The van der Waals surface area contributed by atoms with Crippen LogP contribution in [0.1, 0.15) is 39.4 Å². The summed E-state index contributed by atoms with van der Waals surface area (Å²) in [6.07, 6.45) is 5.35. The Hall–Kier alpha value is -0.760. The van der Waals surface area contributed by atoms with Crippen LogP contribution in [0.25, 0.3) is 0 Å². The third-order valence-corrected chi connectivity index (χ3v) is 3.79. The number of nitrogens with one attached hydrogen (secondary N) is 1. The maximum Gasteiger partial charge on any atom is 0.104 e. The van der Waals surface area contributed by atoms with Gasteiger partial charge in [0.15, 0.2) is 0 Å². The van der Waals surface area contributed by atoms with Gasteiger partial charge >= 0.3 is 0 Å². The smallest absolute Gasteiger partial charge is 0.104 e. The molecular formula is C14H23NO. The molecule has 1 aliphatic heterocycles. The first-order valence-corrected chi connectivity index (χ1v) is 6.36. The SMILES string of the molecule is CC(C)CC1NCCC1(C)Cc1ccco1. The lowest BCUT2D eigenvalue weighted by molar-refractivity contribution is 0.231. The van der Waals surface area contributed by atoms with Gasteiger partial charge in [-0.15, -0.1) is 0 Å². The summed E-state index contributed by atoms with van der Waals surface area (Å²) in [5.74, 6) is 1.88. The van der Waals surface area contributed by atoms with E-state index < -0.39 is 0 Å². The number of furan rings is 1. The normalized spacial score (nSPS) is 30.1. The topological polar surface area (TPSA) is 25.2 Å². The van der Waals surface area contributed by atoms with Gasteiger partial charge in [-0.3, -0.25) is 0 Å². The van der Waals surface area contributed by atoms with E-state index in [0.29, 0.717) is 11.5 Å². The molecular weight excluding hydrogens is 198 g/mol. The van der Waals surface area contributed by atoms with Crippen molar-refractivity contribution in [2.75, 3.05) is 6.54 Å². The molecule has 2 heteroatoms. The van der Waals surface area contributed by atoms with Gasteiger partial charge in [0.05, 0.1) is 6.26 Å². The standard InChI is InChI=1S/C14H23NO/c1-11(2)9-13-14(3,6-7-15-13)10-12-5-4-8-16-12/h4-5,8,11,13,15H,6-7,9-10H2,1-3H3. The maximum atomic E-state index is 5.49. The van der Waals surface area contributed by atoms with Crippen LogP contribution in [-0.4, -0.2) is 12.6 Å². The Bertz CT molecular complexity index is 317. The molecule has 0 spiro atoms. The van der Waals surface area contributed by atoms with Crippen LogP contribution in [0.2, 0.25) is 0 Å². The van der Waals surface area contributed by atoms with Crippen LogP contribution < -0.4 is 5.32 Å². The molecule has 2 rings (SSSR count). The third-order valence-electron chi connectivity index (χ3n) is 3.79. The number of hydrogen-bond donors (Lipinski definition) is 1. The molecule has 2 heterocycles. The summed E-state index contributed by atoms with van der Waals surface area (Å²) in [5, 5.41) is 3.65. The molecule has 0 radical (unpaired) electrons. The Morgan fingerprint density at radius 1 is 1.56 bits per heavy atom. The van der Waals surface area contributed by atoms with Crippen LogP contribution in [0, 0.1) is 11.3 Å². The van der Waals surface area contributed by atoms with E-state index in [0.717, 1.165) is 24.6 Å². The fraction of sp³-hybridized carbons (Fsp3) is 0.714. The Balaban J connectivity index is 2.04. The molecule has 0 saturated carbocycles. The van der Waals surface area contributed by atoms with E-state index >= 15 is 0 Å². The van der Waals surface area contributed by atoms with Crippen molar-refractivity contribution in [1.29, 1.82) is 0 Å². The predicted molar refractivity (Wildman–Crippen MR) is 66.4 cm³/mol. The minimum Gasteiger partial charge on any atom is -0.469 e. The van der Waals surface area contributed by atoms with Crippen molar-refractivity contribution in [2.45, 2.75) is 46.1 Å². The van der Waals surface area contributed by atoms with E-state index in [1.54, 1.807) is 6.26 Å². The monoisotopic (exact) mass is 221 g/mol. The highest BCUT2D eigenvalue weighted by atomic mass is 16.3. The lowest BCUT2D eigenvalue weighted by Gasteiger charge is -2.31. The summed E-state index contributed by atoms with van der Waals surface area (Å²) < 4.78 is 5.49. The van der Waals surface area contributed by atoms with Gasteiger partial charge in [-0.1, -0.05) is 20.8 Å². The molecule has 2 unspecified atom stereocenters. The molecule has 1 aromatic heterocycles. The number of rotatable bonds is 4. The van der Waals surface area contributed by atoms with Gasteiger partial charge in [0, 0.05) is 12.5 Å². The fourth-order valence-corrected chi connectivity index (χ4v) is 2.81. The second kappa shape index (κ2) is 4.62. The Kier molecular flexibility index (Phi) is 3.38. The zero-order chi connectivity index (χ0) is 11.6. The van der Waals surface area contributed by atoms with Crippen LogP contribution in [0.3, 0.4) is 0 Å². The Labute approximate surface area is 98.4 Å². The third kappa shape index (κ3) is 2.49. The lowest BCUT2D eigenvalue weighted by Crippen LogP contribution is -2.37. The zero-order valence-electron chi connectivity index (χ0n) is 10.6. The van der Waals surface area contributed by atoms with E-state index in [2.05, 4.69) is 32.2 Å². The first-order valence-electron chi connectivity index (χ1n) is 6.36. The maximum absolute atomic E-state index is 5.49. The highest BCUT2D eigenvalue weighted by molar-refractivity contribution is 5.06. The van der Waals surface area contributed by atoms with Crippen molar-refractivity contribution in [3.05, 3.63) is 24.2 Å². The molecule has 1 saturated heterocycles. The highest BCUT2D eigenvalue weighted by Crippen LogP contribution is 2.37. The molecule has 1 fully saturated rings. The molecule has 0 bridgehead atoms. The van der Waals surface area contributed by atoms with Gasteiger partial charge in [0.2, 0.25) is 0 Å². The first kappa shape index (κ1) is 11.7. The van der Waals surface area contributed by atoms with E-state index in [-0.39, 0.29) is 0 Å². The number of hydrogen-bond acceptors (Lipinski definition) is 2. The average Bonchev–Trinajstić information content (AvgIpc) is 2.78. The van der Waals surface area contributed by atoms with Gasteiger partial charge in [0.1, 0.15) is 5.76 Å². The summed E-state index contributed by atoms with van der Waals surface area (Å²) in [6.45, 7) is 8.14. The second-order valence-corrected chi connectivity index (χ2v) is 5.80. The first-order chi connectivity index (χ1) is 7.60. The summed E-state index contributed by atoms with van der Waals surface area (Å²) in [4.78, 5) is 0. The summed E-state index contributed by atoms with van der Waals surface area (Å²) in [5.41, 5.74) is 0.363. The Morgan fingerprint density at radius 2 is 2.38 bits per heavy atom. The lowest BCUT2D eigenvalue weighted by atomic mass is 9.76. The van der Waals surface area contributed by atoms with Crippen LogP contribution in [0.15, 0.2) is 22.8 Å². The van der Waals surface area contributed by atoms with Gasteiger partial charge in [0.25, 0.3) is 0 Å². The van der Waals surface area contributed by atoms with Crippen LogP contribution in [0.4, 0.5) is 0 Å². The molecule has 1 aliphatic rings. The molecule has 0 amide bonds. The molecule has 1 aromatic rings. The summed E-state index contributed by atoms with van der Waals surface area (Å²) in [7, 11) is 0. The van der Waals surface area contributed by atoms with Crippen molar-refractivity contribution in [1.82, 2.24) is 5.32 Å². The van der Waals surface area contributed by atoms with Crippen molar-refractivity contribution >= 4 is 0 Å². The molecule has 2 atom stereocenters. The van der Waals surface area contributed by atoms with E-state index in [9.17, 15) is 0 Å². The van der Waals surface area contributed by atoms with Crippen molar-refractivity contribution in [3.63, 3.8) is 0 Å². The van der Waals surface area contributed by atoms with Gasteiger partial charge in [-0.25, -0.2) is 0 Å². The van der Waals surface area contributed by atoms with Crippen molar-refractivity contribution in [3.8, 4) is 0 Å². The summed E-state index contributed by atoms with van der Waals surface area (Å²) >= 11 is 0. The van der Waals surface area contributed by atoms with E-state index in [1.807, 2.05) is 6.07 Å². The predicted octanol–water partition coefficient (Wildman–Crippen LogP) is 3.24. The average molecular weight is 221 g/mol. The largest absolute Gasteiger partial charge is 0.469 e. The molecule has 16 heavy (non-hydrogen) atoms. The minimum atomic E-state index is 0.363.